The molecule has 4 rings (SSSR count). The van der Waals surface area contributed by atoms with Gasteiger partial charge in [-0.1, -0.05) is 36.4 Å². The number of hydrogen-bond acceptors (Lipinski definition) is 4. The lowest BCUT2D eigenvalue weighted by Gasteiger charge is -2.29. The summed E-state index contributed by atoms with van der Waals surface area (Å²) < 4.78 is 18.6. The molecule has 6 heteroatoms. The molecular weight excluding hydrogens is 381 g/mol. The Morgan fingerprint density at radius 1 is 1.17 bits per heavy atom. The van der Waals surface area contributed by atoms with Crippen LogP contribution in [0.1, 0.15) is 23.1 Å². The van der Waals surface area contributed by atoms with Crippen molar-refractivity contribution in [3.8, 4) is 0 Å². The molecule has 0 bridgehead atoms. The summed E-state index contributed by atoms with van der Waals surface area (Å²) in [6.07, 6.45) is 2.71. The molecule has 5 nitrogen and oxygen atoms in total. The molecule has 1 saturated heterocycles. The molecule has 1 aliphatic heterocycles. The van der Waals surface area contributed by atoms with Crippen molar-refractivity contribution in [3.05, 3.63) is 71.0 Å². The molecule has 2 aromatic carbocycles. The average Bonchev–Trinajstić information content (AvgIpc) is 3.36. The maximum absolute atomic E-state index is 13.5. The summed E-state index contributed by atoms with van der Waals surface area (Å²) in [5.74, 6) is -0.153. The molecule has 2 atom stereocenters. The molecule has 30 heavy (non-hydrogen) atoms. The highest BCUT2D eigenvalue weighted by molar-refractivity contribution is 5.82. The van der Waals surface area contributed by atoms with Crippen LogP contribution in [0.4, 0.5) is 4.39 Å². The average molecular weight is 412 g/mol. The van der Waals surface area contributed by atoms with Gasteiger partial charge in [-0.25, -0.2) is 4.39 Å². The van der Waals surface area contributed by atoms with E-state index in [1.165, 1.54) is 17.2 Å². The van der Waals surface area contributed by atoms with Crippen LogP contribution in [0.15, 0.2) is 48.5 Å². The van der Waals surface area contributed by atoms with Crippen LogP contribution in [0, 0.1) is 5.82 Å². The molecule has 0 unspecified atom stereocenters. The van der Waals surface area contributed by atoms with Gasteiger partial charge in [0.05, 0.1) is 12.6 Å². The molecule has 2 aromatic rings. The molecule has 0 spiro atoms. The summed E-state index contributed by atoms with van der Waals surface area (Å²) in [5, 5.41) is 6.56. The fraction of sp³-hybridized carbons (Fsp3) is 0.458. The van der Waals surface area contributed by atoms with Crippen LogP contribution in [-0.4, -0.2) is 55.7 Å². The van der Waals surface area contributed by atoms with Gasteiger partial charge < -0.3 is 15.4 Å². The summed E-state index contributed by atoms with van der Waals surface area (Å²) in [7, 11) is 1.64. The lowest BCUT2D eigenvalue weighted by Crippen LogP contribution is -2.48. The number of nitrogens with zero attached hydrogens (tertiary/aromatic N) is 1. The van der Waals surface area contributed by atoms with Crippen LogP contribution < -0.4 is 10.6 Å². The van der Waals surface area contributed by atoms with Gasteiger partial charge in [-0.3, -0.25) is 9.69 Å². The van der Waals surface area contributed by atoms with E-state index >= 15 is 0 Å². The number of rotatable bonds is 8. The predicted molar refractivity (Wildman–Crippen MR) is 115 cm³/mol. The van der Waals surface area contributed by atoms with E-state index in [-0.39, 0.29) is 23.8 Å². The molecule has 160 valence electrons. The third-order valence-corrected chi connectivity index (χ3v) is 6.23. The minimum Gasteiger partial charge on any atom is -0.383 e. The normalized spacial score (nSPS) is 21.7. The molecule has 2 N–H and O–H groups in total. The number of fused-ring (bicyclic) bond motifs is 1. The van der Waals surface area contributed by atoms with Gasteiger partial charge >= 0.3 is 0 Å². The van der Waals surface area contributed by atoms with Crippen molar-refractivity contribution < 1.29 is 13.9 Å². The van der Waals surface area contributed by atoms with Gasteiger partial charge in [0.1, 0.15) is 5.82 Å². The lowest BCUT2D eigenvalue weighted by molar-refractivity contribution is -0.126. The Bertz CT molecular complexity index is 850. The second-order valence-corrected chi connectivity index (χ2v) is 8.27. The van der Waals surface area contributed by atoms with Crippen LogP contribution in [0.2, 0.25) is 0 Å². The Labute approximate surface area is 177 Å². The highest BCUT2D eigenvalue weighted by Gasteiger charge is 2.41. The molecule has 1 amide bonds. The smallest absolute Gasteiger partial charge is 0.237 e. The topological polar surface area (TPSA) is 53.6 Å². The van der Waals surface area contributed by atoms with Crippen molar-refractivity contribution in [2.75, 3.05) is 26.8 Å². The van der Waals surface area contributed by atoms with Crippen molar-refractivity contribution >= 4 is 5.91 Å². The number of benzene rings is 2. The Balaban J connectivity index is 1.42. The van der Waals surface area contributed by atoms with E-state index in [9.17, 15) is 9.18 Å². The highest BCUT2D eigenvalue weighted by atomic mass is 19.1. The van der Waals surface area contributed by atoms with Crippen molar-refractivity contribution in [1.82, 2.24) is 15.5 Å². The number of halogens is 1. The van der Waals surface area contributed by atoms with Gasteiger partial charge in [0.15, 0.2) is 0 Å². The van der Waals surface area contributed by atoms with E-state index in [4.69, 9.17) is 4.74 Å². The van der Waals surface area contributed by atoms with E-state index in [0.717, 1.165) is 31.4 Å². The first-order valence-corrected chi connectivity index (χ1v) is 10.7. The summed E-state index contributed by atoms with van der Waals surface area (Å²) >= 11 is 0. The first kappa shape index (κ1) is 21.0. The van der Waals surface area contributed by atoms with Gasteiger partial charge in [0, 0.05) is 38.8 Å². The fourth-order valence-corrected chi connectivity index (χ4v) is 4.74. The number of nitrogens with one attached hydrogen (secondary N) is 2. The maximum atomic E-state index is 13.5. The molecule has 1 heterocycles. The molecule has 0 aromatic heterocycles. The van der Waals surface area contributed by atoms with Gasteiger partial charge in [-0.05, 0) is 48.1 Å². The number of likely N-dealkylation sites (tertiary alicyclic amines) is 1. The van der Waals surface area contributed by atoms with Crippen molar-refractivity contribution in [2.45, 2.75) is 43.9 Å². The highest BCUT2D eigenvalue weighted by Crippen LogP contribution is 2.31. The van der Waals surface area contributed by atoms with E-state index in [0.29, 0.717) is 25.7 Å². The minimum absolute atomic E-state index is 0.0676. The maximum Gasteiger partial charge on any atom is 0.237 e. The number of amides is 1. The molecule has 1 aliphatic carbocycles. The van der Waals surface area contributed by atoms with E-state index in [1.54, 1.807) is 19.2 Å². The first-order chi connectivity index (χ1) is 14.6. The minimum atomic E-state index is -0.221. The molecule has 2 aliphatic rings. The van der Waals surface area contributed by atoms with Crippen molar-refractivity contribution in [1.29, 1.82) is 0 Å². The van der Waals surface area contributed by atoms with Crippen molar-refractivity contribution in [3.63, 3.8) is 0 Å². The summed E-state index contributed by atoms with van der Waals surface area (Å²) in [6, 6.07) is 15.6. The van der Waals surface area contributed by atoms with Crippen LogP contribution in [0.3, 0.4) is 0 Å². The molecule has 0 saturated carbocycles. The number of methoxy groups -OCH3 is 1. The van der Waals surface area contributed by atoms with Gasteiger partial charge in [-0.2, -0.15) is 0 Å². The Hall–Kier alpha value is -2.28. The van der Waals surface area contributed by atoms with Crippen LogP contribution in [-0.2, 0) is 28.9 Å². The Kier molecular flexibility index (Phi) is 6.77. The van der Waals surface area contributed by atoms with Crippen LogP contribution in [0.5, 0.6) is 0 Å². The predicted octanol–water partition coefficient (Wildman–Crippen LogP) is 2.29. The zero-order valence-corrected chi connectivity index (χ0v) is 17.4. The van der Waals surface area contributed by atoms with Gasteiger partial charge in [0.25, 0.3) is 0 Å². The summed E-state index contributed by atoms with van der Waals surface area (Å²) in [5.41, 5.74) is 3.69. The van der Waals surface area contributed by atoms with Gasteiger partial charge in [0.2, 0.25) is 5.91 Å². The van der Waals surface area contributed by atoms with Crippen LogP contribution in [0.25, 0.3) is 0 Å². The van der Waals surface area contributed by atoms with E-state index in [1.807, 2.05) is 6.07 Å². The van der Waals surface area contributed by atoms with Gasteiger partial charge in [-0.15, -0.1) is 0 Å². The fourth-order valence-electron chi connectivity index (χ4n) is 4.74. The van der Waals surface area contributed by atoms with Crippen molar-refractivity contribution in [2.24, 2.45) is 0 Å². The number of carbonyl (C=O) groups excluding carboxylic acids is 1. The first-order valence-electron chi connectivity index (χ1n) is 10.7. The SMILES string of the molecule is COCCNC(=O)[C@@H]1C[C@@H](NCc2cccc(F)c2)CN1C1Cc2ccccc2C1. The second kappa shape index (κ2) is 9.69. The monoisotopic (exact) mass is 411 g/mol. The molecule has 1 fully saturated rings. The van der Waals surface area contributed by atoms with E-state index < -0.39 is 0 Å². The van der Waals surface area contributed by atoms with E-state index in [2.05, 4.69) is 39.8 Å². The largest absolute Gasteiger partial charge is 0.383 e. The number of carbonyl (C=O) groups is 1. The molecular formula is C24H30FN3O2. The Morgan fingerprint density at radius 3 is 2.63 bits per heavy atom. The standard InChI is InChI=1S/C24H30FN3O2/c1-30-10-9-26-24(29)23-14-21(27-15-17-5-4-8-20(25)11-17)16-28(23)22-12-18-6-2-3-7-19(18)13-22/h2-8,11,21-23,27H,9-10,12-16H2,1H3,(H,26,29)/t21-,23+/m1/s1. The number of hydrogen-bond donors (Lipinski definition) is 2. The van der Waals surface area contributed by atoms with Crippen LogP contribution >= 0.6 is 0 Å². The second-order valence-electron chi connectivity index (χ2n) is 8.27. The third-order valence-electron chi connectivity index (χ3n) is 6.23. The molecule has 0 radical (unpaired) electrons. The third kappa shape index (κ3) is 4.89. The summed E-state index contributed by atoms with van der Waals surface area (Å²) in [4.78, 5) is 15.3. The lowest BCUT2D eigenvalue weighted by atomic mass is 10.1. The quantitative estimate of drug-likeness (QED) is 0.655. The zero-order chi connectivity index (χ0) is 20.9. The number of ether oxygens (including phenoxy) is 1. The summed E-state index contributed by atoms with van der Waals surface area (Å²) in [6.45, 7) is 2.44. The Morgan fingerprint density at radius 2 is 1.93 bits per heavy atom. The zero-order valence-electron chi connectivity index (χ0n) is 17.4.